The topological polar surface area (TPSA) is 52.4 Å². The Morgan fingerprint density at radius 3 is 1.56 bits per heavy atom. The van der Waals surface area contributed by atoms with Gasteiger partial charge in [0.1, 0.15) is 22.5 Å². The van der Waals surface area contributed by atoms with Gasteiger partial charge in [-0.1, -0.05) is 135 Å². The first-order chi connectivity index (χ1) is 35.3. The Morgan fingerprint density at radius 2 is 0.917 bits per heavy atom. The summed E-state index contributed by atoms with van der Waals surface area (Å²) in [6.45, 7) is 4.67. The minimum Gasteiger partial charge on any atom is -0.497 e. The van der Waals surface area contributed by atoms with E-state index in [4.69, 9.17) is 18.2 Å². The molecule has 6 nitrogen and oxygen atoms in total. The van der Waals surface area contributed by atoms with E-state index in [-0.39, 0.29) is 5.41 Å². The highest BCUT2D eigenvalue weighted by molar-refractivity contribution is 7.00. The molecule has 0 unspecified atom stereocenters. The van der Waals surface area contributed by atoms with E-state index in [1.807, 2.05) is 24.3 Å². The molecule has 1 aliphatic carbocycles. The number of hydrogen-bond donors (Lipinski definition) is 0. The summed E-state index contributed by atoms with van der Waals surface area (Å²) in [5, 5.41) is 2.36. The van der Waals surface area contributed by atoms with Crippen molar-refractivity contribution in [2.45, 2.75) is 19.3 Å². The van der Waals surface area contributed by atoms with Crippen molar-refractivity contribution in [3.63, 3.8) is 0 Å². The fourth-order valence-corrected chi connectivity index (χ4v) is 11.5. The lowest BCUT2D eigenvalue weighted by atomic mass is 9.82. The van der Waals surface area contributed by atoms with Crippen LogP contribution in [0.25, 0.3) is 94.2 Å². The van der Waals surface area contributed by atoms with Gasteiger partial charge in [0.15, 0.2) is 0 Å². The van der Waals surface area contributed by atoms with E-state index in [2.05, 4.69) is 217 Å². The highest BCUT2D eigenvalue weighted by atomic mass is 32.1. The predicted molar refractivity (Wildman–Crippen MR) is 299 cm³/mol. The first kappa shape index (κ1) is 43.3. The molecule has 0 bridgehead atoms. The average molecular weight is 949 g/mol. The number of fused-ring (bicyclic) bond motifs is 7. The third-order valence-corrected chi connectivity index (χ3v) is 15.3. The first-order valence-corrected chi connectivity index (χ1v) is 25.0. The summed E-state index contributed by atoms with van der Waals surface area (Å²) in [7, 11) is 3.40. The third kappa shape index (κ3) is 7.15. The molecule has 10 aromatic carbocycles. The highest BCUT2D eigenvalue weighted by Gasteiger charge is 2.36. The van der Waals surface area contributed by atoms with Crippen molar-refractivity contribution in [2.24, 2.45) is 0 Å². The van der Waals surface area contributed by atoms with Gasteiger partial charge in [0.05, 0.1) is 42.7 Å². The fraction of sp³-hybridized carbons (Fsp3) is 0.0769. The zero-order valence-corrected chi connectivity index (χ0v) is 41.1. The van der Waals surface area contributed by atoms with Crippen LogP contribution in [0.2, 0.25) is 0 Å². The SMILES string of the molecule is COc1ccc(-c2ccc3c(c2)c2cc(-c4ccc(OC)cc4)ccc2n3-c2ccc(-c3ccc(N(c4ccc(-c5ccccc5)cc4)c4ccc5c(c4)C(C)(C)c4ccccc4-5)c4nsnc34)cc2)cc1. The van der Waals surface area contributed by atoms with Gasteiger partial charge in [0.2, 0.25) is 0 Å². The Bertz CT molecular complexity index is 3900. The van der Waals surface area contributed by atoms with Crippen LogP contribution >= 0.6 is 11.7 Å². The van der Waals surface area contributed by atoms with Crippen LogP contribution in [0, 0.1) is 0 Å². The number of aromatic nitrogens is 3. The molecule has 0 N–H and O–H groups in total. The lowest BCUT2D eigenvalue weighted by molar-refractivity contribution is 0.415. The Hall–Kier alpha value is -8.78. The van der Waals surface area contributed by atoms with Crippen LogP contribution in [0.5, 0.6) is 11.5 Å². The van der Waals surface area contributed by atoms with E-state index >= 15 is 0 Å². The van der Waals surface area contributed by atoms with Gasteiger partial charge in [-0.3, -0.25) is 0 Å². The van der Waals surface area contributed by atoms with Crippen LogP contribution in [-0.2, 0) is 5.41 Å². The van der Waals surface area contributed by atoms with E-state index in [1.54, 1.807) is 14.2 Å². The zero-order chi connectivity index (χ0) is 48.5. The number of anilines is 3. The number of rotatable bonds is 10. The van der Waals surface area contributed by atoms with E-state index in [9.17, 15) is 0 Å². The number of hydrogen-bond acceptors (Lipinski definition) is 6. The molecule has 0 saturated carbocycles. The quantitative estimate of drug-likeness (QED) is 0.137. The van der Waals surface area contributed by atoms with Gasteiger partial charge < -0.3 is 18.9 Å². The van der Waals surface area contributed by atoms with Crippen molar-refractivity contribution in [3.05, 3.63) is 230 Å². The van der Waals surface area contributed by atoms with Gasteiger partial charge in [-0.2, -0.15) is 8.75 Å². The van der Waals surface area contributed by atoms with E-state index in [0.29, 0.717) is 0 Å². The van der Waals surface area contributed by atoms with Gasteiger partial charge in [-0.05, 0) is 158 Å². The molecule has 0 radical (unpaired) electrons. The second kappa shape index (κ2) is 17.3. The van der Waals surface area contributed by atoms with Gasteiger partial charge in [-0.25, -0.2) is 0 Å². The maximum atomic E-state index is 5.48. The van der Waals surface area contributed by atoms with Crippen LogP contribution < -0.4 is 14.4 Å². The number of nitrogens with zero attached hydrogens (tertiary/aromatic N) is 4. The molecule has 0 saturated heterocycles. The maximum Gasteiger partial charge on any atom is 0.129 e. The fourth-order valence-electron chi connectivity index (χ4n) is 11.0. The summed E-state index contributed by atoms with van der Waals surface area (Å²) in [6.07, 6.45) is 0. The Balaban J connectivity index is 0.907. The largest absolute Gasteiger partial charge is 0.497 e. The number of benzene rings is 10. The van der Waals surface area contributed by atoms with Gasteiger partial charge >= 0.3 is 0 Å². The third-order valence-electron chi connectivity index (χ3n) is 14.7. The van der Waals surface area contributed by atoms with Crippen LogP contribution in [-0.4, -0.2) is 27.5 Å². The standard InChI is InChI=1S/C65H48N4O2S/c1-65(2)58-13-9-8-12-54(58)55-33-28-50(40-59(55)65)68(48-24-14-42(15-25-48)41-10-6-5-7-11-41)62-37-34-53(63-64(62)67-72-66-63)45-16-26-49(27-17-45)69-60-35-22-46(43-18-29-51(70-3)30-19-43)38-56(60)57-39-47(23-36-61(57)69)44-20-31-52(71-4)32-21-44/h5-40H,1-4H3. The second-order valence-electron chi connectivity index (χ2n) is 19.0. The molecule has 0 aliphatic heterocycles. The van der Waals surface area contributed by atoms with Crippen LogP contribution in [0.1, 0.15) is 25.0 Å². The minimum atomic E-state index is -0.155. The zero-order valence-electron chi connectivity index (χ0n) is 40.3. The highest BCUT2D eigenvalue weighted by Crippen LogP contribution is 2.51. The Morgan fingerprint density at radius 1 is 0.417 bits per heavy atom. The van der Waals surface area contributed by atoms with Crippen molar-refractivity contribution in [3.8, 4) is 72.8 Å². The summed E-state index contributed by atoms with van der Waals surface area (Å²) in [5.74, 6) is 1.68. The normalized spacial score (nSPS) is 12.6. The lowest BCUT2D eigenvalue weighted by Gasteiger charge is -2.28. The van der Waals surface area contributed by atoms with Crippen molar-refractivity contribution in [2.75, 3.05) is 19.1 Å². The van der Waals surface area contributed by atoms with E-state index < -0.39 is 0 Å². The van der Waals surface area contributed by atoms with Gasteiger partial charge in [0, 0.05) is 38.8 Å². The van der Waals surface area contributed by atoms with Crippen molar-refractivity contribution < 1.29 is 9.47 Å². The number of methoxy groups -OCH3 is 2. The smallest absolute Gasteiger partial charge is 0.129 e. The second-order valence-corrected chi connectivity index (χ2v) is 19.6. The molecule has 0 amide bonds. The molecule has 13 rings (SSSR count). The molecular formula is C65H48N4O2S. The van der Waals surface area contributed by atoms with Gasteiger partial charge in [0.25, 0.3) is 0 Å². The summed E-state index contributed by atoms with van der Waals surface area (Å²) in [4.78, 5) is 2.35. The molecule has 7 heteroatoms. The van der Waals surface area contributed by atoms with Crippen molar-refractivity contribution in [1.29, 1.82) is 0 Å². The minimum absolute atomic E-state index is 0.155. The van der Waals surface area contributed by atoms with Gasteiger partial charge in [-0.15, -0.1) is 0 Å². The molecule has 72 heavy (non-hydrogen) atoms. The van der Waals surface area contributed by atoms with E-state index in [0.717, 1.165) is 89.7 Å². The summed E-state index contributed by atoms with van der Waals surface area (Å²) in [5.41, 5.74) is 22.3. The van der Waals surface area contributed by atoms with Crippen LogP contribution in [0.4, 0.5) is 17.1 Å². The summed E-state index contributed by atoms with van der Waals surface area (Å²) >= 11 is 1.26. The van der Waals surface area contributed by atoms with Crippen molar-refractivity contribution in [1.82, 2.24) is 13.3 Å². The Labute approximate surface area is 423 Å². The summed E-state index contributed by atoms with van der Waals surface area (Å²) < 4.78 is 23.4. The van der Waals surface area contributed by atoms with Crippen LogP contribution in [0.15, 0.2) is 218 Å². The molecular weight excluding hydrogens is 901 g/mol. The Kier molecular flexibility index (Phi) is 10.4. The molecule has 0 atom stereocenters. The monoisotopic (exact) mass is 948 g/mol. The molecule has 346 valence electrons. The first-order valence-electron chi connectivity index (χ1n) is 24.3. The maximum absolute atomic E-state index is 5.48. The molecule has 1 aliphatic rings. The molecule has 2 heterocycles. The van der Waals surface area contributed by atoms with E-state index in [1.165, 1.54) is 55.9 Å². The summed E-state index contributed by atoms with van der Waals surface area (Å²) in [6, 6.07) is 78.7. The molecule has 2 aromatic heterocycles. The lowest BCUT2D eigenvalue weighted by Crippen LogP contribution is -2.16. The van der Waals surface area contributed by atoms with Crippen LogP contribution in [0.3, 0.4) is 0 Å². The molecule has 12 aromatic rings. The molecule has 0 fully saturated rings. The van der Waals surface area contributed by atoms with Crippen molar-refractivity contribution >= 4 is 61.6 Å². The average Bonchev–Trinajstić information content (AvgIpc) is 4.13. The molecule has 0 spiro atoms. The number of ether oxygens (including phenoxy) is 2. The predicted octanol–water partition coefficient (Wildman–Crippen LogP) is 17.2.